The Balaban J connectivity index is 2.06. The molecule has 0 bridgehead atoms. The van der Waals surface area contributed by atoms with Gasteiger partial charge in [-0.1, -0.05) is 0 Å². The number of fused-ring (bicyclic) bond motifs is 1. The highest BCUT2D eigenvalue weighted by Crippen LogP contribution is 2.23. The van der Waals surface area contributed by atoms with Crippen LogP contribution in [0.3, 0.4) is 0 Å². The van der Waals surface area contributed by atoms with Crippen molar-refractivity contribution in [3.8, 4) is 0 Å². The van der Waals surface area contributed by atoms with Crippen LogP contribution in [0.15, 0.2) is 15.5 Å². The van der Waals surface area contributed by atoms with E-state index in [0.717, 1.165) is 0 Å². The van der Waals surface area contributed by atoms with Gasteiger partial charge in [-0.2, -0.15) is 0 Å². The molecule has 1 aliphatic heterocycles. The number of nitrogens with one attached hydrogen (secondary N) is 1. The second kappa shape index (κ2) is 5.00. The van der Waals surface area contributed by atoms with Crippen molar-refractivity contribution in [3.63, 3.8) is 0 Å². The third-order valence-corrected chi connectivity index (χ3v) is 3.59. The Bertz CT molecular complexity index is 738. The number of nitrogens with zero attached hydrogens (tertiary/aromatic N) is 2. The largest absolute Gasteiger partial charge is 0.442 e. The van der Waals surface area contributed by atoms with Gasteiger partial charge in [-0.15, -0.1) is 0 Å². The summed E-state index contributed by atoms with van der Waals surface area (Å²) in [5.41, 5.74) is 0.115. The number of carbonyl (C=O) groups excluding carboxylic acids is 1. The van der Waals surface area contributed by atoms with Crippen LogP contribution in [-0.4, -0.2) is 46.1 Å². The minimum Gasteiger partial charge on any atom is -0.442 e. The number of aromatic nitrogens is 2. The zero-order valence-electron chi connectivity index (χ0n) is 12.2. The van der Waals surface area contributed by atoms with Crippen molar-refractivity contribution in [2.75, 3.05) is 13.1 Å². The fourth-order valence-corrected chi connectivity index (χ4v) is 2.81. The number of hydrogen-bond donors (Lipinski definition) is 1. The average Bonchev–Trinajstić information content (AvgIpc) is 2.74. The lowest BCUT2D eigenvalue weighted by molar-refractivity contribution is -0.0586. The van der Waals surface area contributed by atoms with Gasteiger partial charge in [0.1, 0.15) is 11.1 Å². The van der Waals surface area contributed by atoms with Gasteiger partial charge >= 0.3 is 0 Å². The molecule has 1 aliphatic rings. The molecule has 2 unspecified atom stereocenters. The first-order valence-electron chi connectivity index (χ1n) is 6.89. The van der Waals surface area contributed by atoms with Gasteiger partial charge in [-0.05, 0) is 20.8 Å². The summed E-state index contributed by atoms with van der Waals surface area (Å²) in [6.07, 6.45) is 1.20. The van der Waals surface area contributed by atoms with Crippen molar-refractivity contribution in [1.29, 1.82) is 0 Å². The summed E-state index contributed by atoms with van der Waals surface area (Å²) in [4.78, 5) is 32.9. The van der Waals surface area contributed by atoms with Gasteiger partial charge < -0.3 is 19.0 Å². The SMILES string of the molecule is Cc1oc2nc[nH]c(=O)c2c1C(=O)N1CC(C)OC(C)C1. The molecule has 2 aromatic rings. The van der Waals surface area contributed by atoms with E-state index in [1.165, 1.54) is 6.33 Å². The number of furan rings is 1. The van der Waals surface area contributed by atoms with E-state index in [2.05, 4.69) is 9.97 Å². The molecule has 112 valence electrons. The zero-order chi connectivity index (χ0) is 15.1. The molecule has 0 radical (unpaired) electrons. The molecule has 1 fully saturated rings. The van der Waals surface area contributed by atoms with E-state index in [-0.39, 0.29) is 34.8 Å². The van der Waals surface area contributed by atoms with Crippen molar-refractivity contribution < 1.29 is 13.9 Å². The van der Waals surface area contributed by atoms with Gasteiger partial charge in [0.15, 0.2) is 0 Å². The maximum atomic E-state index is 12.8. The van der Waals surface area contributed by atoms with Crippen molar-refractivity contribution in [2.24, 2.45) is 0 Å². The molecule has 21 heavy (non-hydrogen) atoms. The summed E-state index contributed by atoms with van der Waals surface area (Å²) < 4.78 is 11.1. The lowest BCUT2D eigenvalue weighted by Gasteiger charge is -2.35. The number of aromatic amines is 1. The number of ether oxygens (including phenoxy) is 1. The molecule has 0 aliphatic carbocycles. The summed E-state index contributed by atoms with van der Waals surface area (Å²) in [6, 6.07) is 0. The van der Waals surface area contributed by atoms with Crippen LogP contribution >= 0.6 is 0 Å². The summed E-state index contributed by atoms with van der Waals surface area (Å²) in [7, 11) is 0. The van der Waals surface area contributed by atoms with Crippen molar-refractivity contribution in [2.45, 2.75) is 33.0 Å². The minimum atomic E-state index is -0.366. The van der Waals surface area contributed by atoms with E-state index in [9.17, 15) is 9.59 Å². The van der Waals surface area contributed by atoms with Crippen LogP contribution in [0.4, 0.5) is 0 Å². The highest BCUT2D eigenvalue weighted by atomic mass is 16.5. The van der Waals surface area contributed by atoms with Crippen LogP contribution in [0.5, 0.6) is 0 Å². The highest BCUT2D eigenvalue weighted by molar-refractivity contribution is 6.06. The fourth-order valence-electron chi connectivity index (χ4n) is 2.81. The molecular weight excluding hydrogens is 274 g/mol. The van der Waals surface area contributed by atoms with Crippen LogP contribution < -0.4 is 5.56 Å². The van der Waals surface area contributed by atoms with Gasteiger partial charge in [0.05, 0.1) is 24.1 Å². The van der Waals surface area contributed by atoms with E-state index in [4.69, 9.17) is 9.15 Å². The Morgan fingerprint density at radius 3 is 2.71 bits per heavy atom. The van der Waals surface area contributed by atoms with E-state index in [1.807, 2.05) is 13.8 Å². The lowest BCUT2D eigenvalue weighted by atomic mass is 10.1. The maximum absolute atomic E-state index is 12.8. The Hall–Kier alpha value is -2.15. The van der Waals surface area contributed by atoms with E-state index in [0.29, 0.717) is 24.4 Å². The molecule has 0 spiro atoms. The van der Waals surface area contributed by atoms with Gasteiger partial charge in [0.25, 0.3) is 11.5 Å². The van der Waals surface area contributed by atoms with Gasteiger partial charge in [0.2, 0.25) is 5.71 Å². The number of rotatable bonds is 1. The number of amides is 1. The number of morpholine rings is 1. The van der Waals surface area contributed by atoms with Crippen LogP contribution in [0.25, 0.3) is 11.1 Å². The van der Waals surface area contributed by atoms with Crippen molar-refractivity contribution >= 4 is 17.0 Å². The Morgan fingerprint density at radius 2 is 2.05 bits per heavy atom. The first-order valence-corrected chi connectivity index (χ1v) is 6.89. The topological polar surface area (TPSA) is 88.4 Å². The van der Waals surface area contributed by atoms with Crippen molar-refractivity contribution in [1.82, 2.24) is 14.9 Å². The van der Waals surface area contributed by atoms with E-state index < -0.39 is 0 Å². The summed E-state index contributed by atoms with van der Waals surface area (Å²) in [6.45, 7) is 6.50. The standard InChI is InChI=1S/C14H17N3O4/c1-7-4-17(5-8(2)20-7)14(19)10-9(3)21-13-11(10)12(18)15-6-16-13/h6-8H,4-5H2,1-3H3,(H,15,16,18). The van der Waals surface area contributed by atoms with Crippen LogP contribution in [0, 0.1) is 6.92 Å². The Morgan fingerprint density at radius 1 is 1.38 bits per heavy atom. The van der Waals surface area contributed by atoms with Gasteiger partial charge in [-0.3, -0.25) is 9.59 Å². The summed E-state index contributed by atoms with van der Waals surface area (Å²) in [5.74, 6) is 0.192. The van der Waals surface area contributed by atoms with E-state index >= 15 is 0 Å². The molecule has 1 N–H and O–H groups in total. The quantitative estimate of drug-likeness (QED) is 0.849. The summed E-state index contributed by atoms with van der Waals surface area (Å²) >= 11 is 0. The molecule has 1 amide bonds. The van der Waals surface area contributed by atoms with Crippen LogP contribution in [-0.2, 0) is 4.74 Å². The van der Waals surface area contributed by atoms with Gasteiger partial charge in [0, 0.05) is 13.1 Å². The predicted molar refractivity (Wildman–Crippen MR) is 75.3 cm³/mol. The highest BCUT2D eigenvalue weighted by Gasteiger charge is 2.31. The lowest BCUT2D eigenvalue weighted by Crippen LogP contribution is -2.48. The molecule has 7 nitrogen and oxygen atoms in total. The van der Waals surface area contributed by atoms with Crippen LogP contribution in [0.2, 0.25) is 0 Å². The molecule has 3 heterocycles. The number of aryl methyl sites for hydroxylation is 1. The average molecular weight is 291 g/mol. The molecule has 0 aromatic carbocycles. The molecule has 2 atom stereocenters. The fraction of sp³-hybridized carbons (Fsp3) is 0.500. The minimum absolute atomic E-state index is 0.0346. The molecule has 0 saturated carbocycles. The monoisotopic (exact) mass is 291 g/mol. The normalized spacial score (nSPS) is 22.7. The Kier molecular flexibility index (Phi) is 3.29. The zero-order valence-corrected chi connectivity index (χ0v) is 12.2. The molecule has 2 aromatic heterocycles. The molecule has 7 heteroatoms. The smallest absolute Gasteiger partial charge is 0.262 e. The predicted octanol–water partition coefficient (Wildman–Crippen LogP) is 1.07. The number of carbonyl (C=O) groups is 1. The summed E-state index contributed by atoms with van der Waals surface area (Å²) in [5, 5.41) is 0.215. The molecular formula is C14H17N3O4. The Labute approximate surface area is 120 Å². The third-order valence-electron chi connectivity index (χ3n) is 3.59. The van der Waals surface area contributed by atoms with Crippen LogP contribution in [0.1, 0.15) is 30.0 Å². The maximum Gasteiger partial charge on any atom is 0.262 e. The number of hydrogen-bond acceptors (Lipinski definition) is 5. The first kappa shape index (κ1) is 13.8. The molecule has 1 saturated heterocycles. The third kappa shape index (κ3) is 2.33. The molecule has 3 rings (SSSR count). The van der Waals surface area contributed by atoms with Crippen molar-refractivity contribution in [3.05, 3.63) is 28.0 Å². The van der Waals surface area contributed by atoms with E-state index in [1.54, 1.807) is 11.8 Å². The first-order chi connectivity index (χ1) is 9.97. The number of H-pyrrole nitrogens is 1. The second-order valence-electron chi connectivity index (χ2n) is 5.41. The van der Waals surface area contributed by atoms with Gasteiger partial charge in [-0.25, -0.2) is 4.98 Å². The second-order valence-corrected chi connectivity index (χ2v) is 5.41.